The third-order valence-electron chi connectivity index (χ3n) is 2.87. The number of hydrogen-bond acceptors (Lipinski definition) is 4. The maximum absolute atomic E-state index is 12.2. The number of nitrogens with zero attached hydrogens (tertiary/aromatic N) is 2. The molecule has 0 saturated carbocycles. The number of benzene rings is 1. The first-order chi connectivity index (χ1) is 9.04. The van der Waals surface area contributed by atoms with Gasteiger partial charge in [-0.05, 0) is 25.5 Å². The molecule has 1 rings (SSSR count). The van der Waals surface area contributed by atoms with E-state index in [2.05, 4.69) is 5.32 Å². The summed E-state index contributed by atoms with van der Waals surface area (Å²) in [5.74, 6) is -0.101. The molecule has 0 fully saturated rings. The van der Waals surface area contributed by atoms with Crippen LogP contribution in [0.15, 0.2) is 18.2 Å². The fourth-order valence-corrected chi connectivity index (χ4v) is 1.88. The van der Waals surface area contributed by atoms with Gasteiger partial charge in [0.25, 0.3) is 11.6 Å². The Labute approximate surface area is 112 Å². The molecule has 1 aromatic carbocycles. The summed E-state index contributed by atoms with van der Waals surface area (Å²) < 4.78 is 0. The van der Waals surface area contributed by atoms with Gasteiger partial charge in [-0.2, -0.15) is 0 Å². The van der Waals surface area contributed by atoms with Crippen LogP contribution in [0, 0.1) is 10.1 Å². The molecule has 0 unspecified atom stereocenters. The monoisotopic (exact) mass is 265 g/mol. The maximum atomic E-state index is 12.2. The highest BCUT2D eigenvalue weighted by Gasteiger charge is 2.18. The van der Waals surface area contributed by atoms with Gasteiger partial charge in [-0.25, -0.2) is 0 Å². The Hall–Kier alpha value is -2.11. The van der Waals surface area contributed by atoms with E-state index < -0.39 is 4.92 Å². The SMILES string of the molecule is CCCN(CC)C(=O)c1ccc([N+](=O)[O-])c(NC)c1. The molecule has 0 aromatic heterocycles. The molecule has 0 aliphatic heterocycles. The van der Waals surface area contributed by atoms with Crippen molar-refractivity contribution in [2.45, 2.75) is 20.3 Å². The van der Waals surface area contributed by atoms with Gasteiger partial charge in [0, 0.05) is 31.8 Å². The van der Waals surface area contributed by atoms with Crippen LogP contribution in [-0.2, 0) is 0 Å². The molecule has 1 amide bonds. The summed E-state index contributed by atoms with van der Waals surface area (Å²) in [7, 11) is 1.60. The zero-order valence-electron chi connectivity index (χ0n) is 11.5. The van der Waals surface area contributed by atoms with E-state index in [1.807, 2.05) is 13.8 Å². The molecule has 6 nitrogen and oxygen atoms in total. The molecule has 0 atom stereocenters. The molecule has 0 aliphatic rings. The number of nitro groups is 1. The highest BCUT2D eigenvalue weighted by Crippen LogP contribution is 2.25. The Balaban J connectivity index is 3.08. The molecule has 0 saturated heterocycles. The van der Waals surface area contributed by atoms with Crippen LogP contribution >= 0.6 is 0 Å². The van der Waals surface area contributed by atoms with Crippen molar-refractivity contribution in [2.24, 2.45) is 0 Å². The van der Waals surface area contributed by atoms with E-state index in [0.29, 0.717) is 24.3 Å². The highest BCUT2D eigenvalue weighted by atomic mass is 16.6. The summed E-state index contributed by atoms with van der Waals surface area (Å²) in [6.45, 7) is 5.22. The maximum Gasteiger partial charge on any atom is 0.292 e. The quantitative estimate of drug-likeness (QED) is 0.633. The smallest absolute Gasteiger partial charge is 0.292 e. The minimum atomic E-state index is -0.469. The van der Waals surface area contributed by atoms with Gasteiger partial charge in [0.2, 0.25) is 0 Å². The molecule has 0 bridgehead atoms. The minimum Gasteiger partial charge on any atom is -0.383 e. The Morgan fingerprint density at radius 2 is 2.11 bits per heavy atom. The van der Waals surface area contributed by atoms with E-state index in [4.69, 9.17) is 0 Å². The summed E-state index contributed by atoms with van der Waals surface area (Å²) in [4.78, 5) is 24.3. The minimum absolute atomic E-state index is 0.0300. The van der Waals surface area contributed by atoms with E-state index in [1.165, 1.54) is 18.2 Å². The van der Waals surface area contributed by atoms with Crippen LogP contribution < -0.4 is 5.32 Å². The summed E-state index contributed by atoms with van der Waals surface area (Å²) in [5, 5.41) is 13.6. The number of amides is 1. The van der Waals surface area contributed by atoms with Crippen molar-refractivity contribution in [3.05, 3.63) is 33.9 Å². The predicted octanol–water partition coefficient (Wildman–Crippen LogP) is 2.51. The summed E-state index contributed by atoms with van der Waals surface area (Å²) >= 11 is 0. The topological polar surface area (TPSA) is 75.5 Å². The van der Waals surface area contributed by atoms with Crippen LogP contribution in [0.5, 0.6) is 0 Å². The lowest BCUT2D eigenvalue weighted by molar-refractivity contribution is -0.383. The molecule has 6 heteroatoms. The first-order valence-electron chi connectivity index (χ1n) is 6.30. The van der Waals surface area contributed by atoms with Crippen molar-refractivity contribution in [1.29, 1.82) is 0 Å². The average molecular weight is 265 g/mol. The van der Waals surface area contributed by atoms with Gasteiger partial charge in [0.05, 0.1) is 4.92 Å². The van der Waals surface area contributed by atoms with Gasteiger partial charge in [-0.1, -0.05) is 6.92 Å². The average Bonchev–Trinajstić information content (AvgIpc) is 2.43. The van der Waals surface area contributed by atoms with Crippen LogP contribution in [0.25, 0.3) is 0 Å². The van der Waals surface area contributed by atoms with E-state index in [-0.39, 0.29) is 11.6 Å². The molecular formula is C13H19N3O3. The second kappa shape index (κ2) is 6.72. The van der Waals surface area contributed by atoms with Crippen molar-refractivity contribution in [3.63, 3.8) is 0 Å². The number of carbonyl (C=O) groups excluding carboxylic acids is 1. The number of hydrogen-bond donors (Lipinski definition) is 1. The van der Waals surface area contributed by atoms with Gasteiger partial charge in [0.15, 0.2) is 0 Å². The van der Waals surface area contributed by atoms with Crippen molar-refractivity contribution in [1.82, 2.24) is 4.90 Å². The molecule has 1 aromatic rings. The zero-order valence-corrected chi connectivity index (χ0v) is 11.5. The fourth-order valence-electron chi connectivity index (χ4n) is 1.88. The molecule has 1 N–H and O–H groups in total. The van der Waals surface area contributed by atoms with Crippen molar-refractivity contribution >= 4 is 17.3 Å². The second-order valence-electron chi connectivity index (χ2n) is 4.12. The lowest BCUT2D eigenvalue weighted by Gasteiger charge is -2.20. The number of nitro benzene ring substituents is 1. The van der Waals surface area contributed by atoms with E-state index in [1.54, 1.807) is 11.9 Å². The van der Waals surface area contributed by atoms with Crippen molar-refractivity contribution < 1.29 is 9.72 Å². The molecule has 0 radical (unpaired) electrons. The van der Waals surface area contributed by atoms with Crippen molar-refractivity contribution in [3.8, 4) is 0 Å². The molecule has 0 aliphatic carbocycles. The Morgan fingerprint density at radius 3 is 2.58 bits per heavy atom. The number of carbonyl (C=O) groups is 1. The standard InChI is InChI=1S/C13H19N3O3/c1-4-8-15(5-2)13(17)10-6-7-12(16(18)19)11(9-10)14-3/h6-7,9,14H,4-5,8H2,1-3H3. The number of anilines is 1. The van der Waals surface area contributed by atoms with E-state index in [9.17, 15) is 14.9 Å². The predicted molar refractivity (Wildman–Crippen MR) is 74.5 cm³/mol. The van der Waals surface area contributed by atoms with Crippen LogP contribution in [-0.4, -0.2) is 35.9 Å². The van der Waals surface area contributed by atoms with Crippen molar-refractivity contribution in [2.75, 3.05) is 25.5 Å². The van der Waals surface area contributed by atoms with Crippen LogP contribution in [0.1, 0.15) is 30.6 Å². The lowest BCUT2D eigenvalue weighted by Crippen LogP contribution is -2.31. The largest absolute Gasteiger partial charge is 0.383 e. The Kier molecular flexibility index (Phi) is 5.29. The van der Waals surface area contributed by atoms with Gasteiger partial charge in [0.1, 0.15) is 5.69 Å². The van der Waals surface area contributed by atoms with Gasteiger partial charge < -0.3 is 10.2 Å². The molecule has 0 spiro atoms. The van der Waals surface area contributed by atoms with Gasteiger partial charge in [-0.15, -0.1) is 0 Å². The van der Waals surface area contributed by atoms with Crippen LogP contribution in [0.3, 0.4) is 0 Å². The van der Waals surface area contributed by atoms with Crippen LogP contribution in [0.4, 0.5) is 11.4 Å². The molecule has 0 heterocycles. The molecule has 104 valence electrons. The Bertz CT molecular complexity index is 474. The number of rotatable bonds is 6. The second-order valence-corrected chi connectivity index (χ2v) is 4.12. The van der Waals surface area contributed by atoms with Crippen LogP contribution in [0.2, 0.25) is 0 Å². The van der Waals surface area contributed by atoms with E-state index >= 15 is 0 Å². The molecule has 19 heavy (non-hydrogen) atoms. The van der Waals surface area contributed by atoms with E-state index in [0.717, 1.165) is 6.42 Å². The lowest BCUT2D eigenvalue weighted by atomic mass is 10.1. The summed E-state index contributed by atoms with van der Waals surface area (Å²) in [6.07, 6.45) is 0.880. The summed E-state index contributed by atoms with van der Waals surface area (Å²) in [5.41, 5.74) is 0.784. The zero-order chi connectivity index (χ0) is 14.4. The summed E-state index contributed by atoms with van der Waals surface area (Å²) in [6, 6.07) is 4.39. The number of nitrogens with one attached hydrogen (secondary N) is 1. The Morgan fingerprint density at radius 1 is 1.42 bits per heavy atom. The fraction of sp³-hybridized carbons (Fsp3) is 0.462. The first kappa shape index (κ1) is 14.9. The highest BCUT2D eigenvalue weighted by molar-refractivity contribution is 5.96. The molecular weight excluding hydrogens is 246 g/mol. The van der Waals surface area contributed by atoms with Gasteiger partial charge >= 0.3 is 0 Å². The third-order valence-corrected chi connectivity index (χ3v) is 2.87. The first-order valence-corrected chi connectivity index (χ1v) is 6.30. The van der Waals surface area contributed by atoms with Gasteiger partial charge in [-0.3, -0.25) is 14.9 Å². The third kappa shape index (κ3) is 3.43. The normalized spacial score (nSPS) is 10.1.